The average molecular weight is 552 g/mol. The largest absolute Gasteiger partial charge is 0.309 e. The van der Waals surface area contributed by atoms with E-state index in [1.807, 2.05) is 0 Å². The Labute approximate surface area is 250 Å². The molecule has 0 unspecified atom stereocenters. The first-order valence-electron chi connectivity index (χ1n) is 14.9. The van der Waals surface area contributed by atoms with Crippen molar-refractivity contribution in [3.63, 3.8) is 0 Å². The Morgan fingerprint density at radius 3 is 2.05 bits per heavy atom. The summed E-state index contributed by atoms with van der Waals surface area (Å²) in [5.74, 6) is 0.949. The van der Waals surface area contributed by atoms with Gasteiger partial charge in [-0.3, -0.25) is 4.57 Å². The maximum atomic E-state index is 5.26. The number of hydrogen-bond acceptors (Lipinski definition) is 1. The van der Waals surface area contributed by atoms with E-state index < -0.39 is 0 Å². The molecular weight excluding hydrogens is 522 g/mol. The molecule has 3 nitrogen and oxygen atoms in total. The molecule has 0 aliphatic carbocycles. The number of aromatic nitrogens is 3. The fourth-order valence-electron chi connectivity index (χ4n) is 7.45. The highest BCUT2D eigenvalue weighted by Gasteiger charge is 2.37. The van der Waals surface area contributed by atoms with E-state index in [-0.39, 0.29) is 5.41 Å². The fourth-order valence-corrected chi connectivity index (χ4v) is 7.45. The molecule has 0 N–H and O–H groups in total. The minimum atomic E-state index is -0.220. The third kappa shape index (κ3) is 3.28. The van der Waals surface area contributed by atoms with E-state index in [1.165, 1.54) is 49.7 Å². The van der Waals surface area contributed by atoms with Gasteiger partial charge >= 0.3 is 0 Å². The molecule has 9 rings (SSSR count). The van der Waals surface area contributed by atoms with Gasteiger partial charge in [0.1, 0.15) is 5.82 Å². The van der Waals surface area contributed by atoms with Crippen LogP contribution >= 0.6 is 0 Å². The molecule has 1 aliphatic rings. The molecule has 3 heterocycles. The maximum Gasteiger partial charge on any atom is 0.146 e. The molecule has 0 bridgehead atoms. The molecule has 0 radical (unpaired) electrons. The van der Waals surface area contributed by atoms with E-state index >= 15 is 0 Å². The second-order valence-electron chi connectivity index (χ2n) is 12.0. The summed E-state index contributed by atoms with van der Waals surface area (Å²) in [4.78, 5) is 5.26. The number of imidazole rings is 1. The third-order valence-corrected chi connectivity index (χ3v) is 9.31. The summed E-state index contributed by atoms with van der Waals surface area (Å²) in [6.07, 6.45) is 0. The van der Waals surface area contributed by atoms with Gasteiger partial charge < -0.3 is 4.57 Å². The van der Waals surface area contributed by atoms with Crippen LogP contribution in [0.1, 0.15) is 25.0 Å². The van der Waals surface area contributed by atoms with Crippen LogP contribution in [0.2, 0.25) is 0 Å². The molecule has 0 spiro atoms. The molecule has 2 aromatic heterocycles. The summed E-state index contributed by atoms with van der Waals surface area (Å²) in [6.45, 7) is 4.76. The molecule has 3 heteroatoms. The second-order valence-corrected chi connectivity index (χ2v) is 12.0. The molecule has 0 atom stereocenters. The van der Waals surface area contributed by atoms with Gasteiger partial charge in [0.15, 0.2) is 0 Å². The lowest BCUT2D eigenvalue weighted by molar-refractivity contribution is 0.632. The highest BCUT2D eigenvalue weighted by Crippen LogP contribution is 2.51. The van der Waals surface area contributed by atoms with Gasteiger partial charge in [0, 0.05) is 27.4 Å². The first-order valence-corrected chi connectivity index (χ1v) is 14.9. The summed E-state index contributed by atoms with van der Waals surface area (Å²) < 4.78 is 4.79. The van der Waals surface area contributed by atoms with Crippen molar-refractivity contribution in [2.75, 3.05) is 0 Å². The second kappa shape index (κ2) is 8.80. The van der Waals surface area contributed by atoms with Crippen molar-refractivity contribution in [1.29, 1.82) is 0 Å². The predicted molar refractivity (Wildman–Crippen MR) is 178 cm³/mol. The third-order valence-electron chi connectivity index (χ3n) is 9.31. The molecule has 6 aromatic carbocycles. The van der Waals surface area contributed by atoms with E-state index in [1.54, 1.807) is 0 Å². The molecular formula is C40H29N3. The topological polar surface area (TPSA) is 22.8 Å². The number of hydrogen-bond donors (Lipinski definition) is 0. The SMILES string of the molecule is CC1(C)c2ccccc2-n2c3ccccc3c3ccc(-c4ccccc4-c4nc5ccccc5n4-c4ccccc4)c1c32. The van der Waals surface area contributed by atoms with Crippen molar-refractivity contribution >= 4 is 32.8 Å². The number of benzene rings is 6. The van der Waals surface area contributed by atoms with E-state index in [2.05, 4.69) is 163 Å². The van der Waals surface area contributed by atoms with Gasteiger partial charge in [-0.1, -0.05) is 117 Å². The highest BCUT2D eigenvalue weighted by atomic mass is 15.1. The summed E-state index contributed by atoms with van der Waals surface area (Å²) in [7, 11) is 0. The lowest BCUT2D eigenvalue weighted by Gasteiger charge is -2.36. The van der Waals surface area contributed by atoms with E-state index in [0.29, 0.717) is 0 Å². The zero-order valence-corrected chi connectivity index (χ0v) is 24.1. The van der Waals surface area contributed by atoms with Crippen LogP contribution in [0.3, 0.4) is 0 Å². The average Bonchev–Trinajstić information content (AvgIpc) is 3.61. The van der Waals surface area contributed by atoms with Crippen molar-refractivity contribution in [3.05, 3.63) is 151 Å². The summed E-state index contributed by atoms with van der Waals surface area (Å²) in [5.41, 5.74) is 13.0. The summed E-state index contributed by atoms with van der Waals surface area (Å²) in [6, 6.07) is 50.2. The number of rotatable bonds is 3. The molecule has 0 fully saturated rings. The van der Waals surface area contributed by atoms with Crippen LogP contribution in [0.4, 0.5) is 0 Å². The van der Waals surface area contributed by atoms with Gasteiger partial charge in [-0.05, 0) is 58.7 Å². The standard InChI is InChI=1S/C40H29N3/c1-40(2)32-19-9-12-22-35(32)43-34-21-11-8-17-28(34)30-25-24-29(37(40)38(30)43)27-16-6-7-18-31(27)39-41-33-20-10-13-23-36(33)42(39)26-14-4-3-5-15-26/h3-25H,1-2H3. The zero-order valence-electron chi connectivity index (χ0n) is 24.1. The highest BCUT2D eigenvalue weighted by molar-refractivity contribution is 6.13. The van der Waals surface area contributed by atoms with Gasteiger partial charge in [-0.25, -0.2) is 4.98 Å². The van der Waals surface area contributed by atoms with Crippen LogP contribution in [-0.2, 0) is 5.41 Å². The van der Waals surface area contributed by atoms with Crippen LogP contribution < -0.4 is 0 Å². The quantitative estimate of drug-likeness (QED) is 0.214. The Morgan fingerprint density at radius 1 is 0.512 bits per heavy atom. The van der Waals surface area contributed by atoms with Gasteiger partial charge in [-0.15, -0.1) is 0 Å². The zero-order chi connectivity index (χ0) is 28.7. The van der Waals surface area contributed by atoms with Crippen molar-refractivity contribution in [1.82, 2.24) is 14.1 Å². The number of nitrogens with zero attached hydrogens (tertiary/aromatic N) is 3. The minimum absolute atomic E-state index is 0.220. The van der Waals surface area contributed by atoms with Gasteiger partial charge in [0.05, 0.1) is 27.8 Å². The van der Waals surface area contributed by atoms with Crippen LogP contribution in [0.15, 0.2) is 140 Å². The Balaban J connectivity index is 1.41. The smallest absolute Gasteiger partial charge is 0.146 e. The maximum absolute atomic E-state index is 5.26. The Bertz CT molecular complexity index is 2370. The van der Waals surface area contributed by atoms with Crippen molar-refractivity contribution in [2.45, 2.75) is 19.3 Å². The molecule has 1 aliphatic heterocycles. The van der Waals surface area contributed by atoms with E-state index in [9.17, 15) is 0 Å². The molecule has 8 aromatic rings. The number of fused-ring (bicyclic) bond motifs is 6. The van der Waals surface area contributed by atoms with Crippen molar-refractivity contribution < 1.29 is 0 Å². The number of para-hydroxylation sites is 5. The Hall–Kier alpha value is -5.41. The summed E-state index contributed by atoms with van der Waals surface area (Å²) >= 11 is 0. The van der Waals surface area contributed by atoms with Crippen LogP contribution in [0.25, 0.3) is 66.7 Å². The normalized spacial score (nSPS) is 13.5. The monoisotopic (exact) mass is 551 g/mol. The predicted octanol–water partition coefficient (Wildman–Crippen LogP) is 10.1. The van der Waals surface area contributed by atoms with Gasteiger partial charge in [0.25, 0.3) is 0 Å². The van der Waals surface area contributed by atoms with E-state index in [0.717, 1.165) is 28.1 Å². The molecule has 0 saturated heterocycles. The summed E-state index contributed by atoms with van der Waals surface area (Å²) in [5, 5.41) is 2.59. The lowest BCUT2D eigenvalue weighted by Crippen LogP contribution is -2.27. The first-order chi connectivity index (χ1) is 21.1. The first kappa shape index (κ1) is 24.2. The van der Waals surface area contributed by atoms with Crippen LogP contribution in [-0.4, -0.2) is 14.1 Å². The van der Waals surface area contributed by atoms with Crippen LogP contribution in [0.5, 0.6) is 0 Å². The molecule has 43 heavy (non-hydrogen) atoms. The fraction of sp³-hybridized carbons (Fsp3) is 0.0750. The molecule has 0 saturated carbocycles. The molecule has 204 valence electrons. The van der Waals surface area contributed by atoms with E-state index in [4.69, 9.17) is 4.98 Å². The Morgan fingerprint density at radius 2 is 1.19 bits per heavy atom. The molecule has 0 amide bonds. The van der Waals surface area contributed by atoms with Gasteiger partial charge in [0.2, 0.25) is 0 Å². The van der Waals surface area contributed by atoms with Crippen LogP contribution in [0, 0.1) is 0 Å². The van der Waals surface area contributed by atoms with Crippen molar-refractivity contribution in [2.24, 2.45) is 0 Å². The van der Waals surface area contributed by atoms with Gasteiger partial charge in [-0.2, -0.15) is 0 Å². The van der Waals surface area contributed by atoms with Crippen molar-refractivity contribution in [3.8, 4) is 33.9 Å². The minimum Gasteiger partial charge on any atom is -0.309 e. The lowest BCUT2D eigenvalue weighted by atomic mass is 9.71. The Kier molecular flexibility index (Phi) is 4.95.